The zero-order chi connectivity index (χ0) is 23.8. The third kappa shape index (κ3) is 3.93. The number of ketones is 1. The lowest BCUT2D eigenvalue weighted by Gasteiger charge is -2.14. The van der Waals surface area contributed by atoms with Crippen molar-refractivity contribution in [1.29, 1.82) is 0 Å². The number of amides is 1. The first-order chi connectivity index (χ1) is 17.2. The largest absolute Gasteiger partial charge is 0.449 e. The molecular weight excluding hydrogens is 436 g/mol. The van der Waals surface area contributed by atoms with Crippen molar-refractivity contribution in [3.8, 4) is 11.1 Å². The van der Waals surface area contributed by atoms with E-state index >= 15 is 0 Å². The summed E-state index contributed by atoms with van der Waals surface area (Å²) in [5, 5.41) is 3.92. The van der Waals surface area contributed by atoms with Crippen molar-refractivity contribution in [2.75, 3.05) is 13.2 Å². The Labute approximate surface area is 203 Å². The van der Waals surface area contributed by atoms with Gasteiger partial charge in [0.05, 0.1) is 5.69 Å². The Morgan fingerprint density at radius 1 is 1.00 bits per heavy atom. The van der Waals surface area contributed by atoms with E-state index in [2.05, 4.69) is 40.6 Å². The van der Waals surface area contributed by atoms with Gasteiger partial charge < -0.3 is 15.0 Å². The Balaban J connectivity index is 1.07. The van der Waals surface area contributed by atoms with Gasteiger partial charge in [0, 0.05) is 29.8 Å². The molecule has 0 bridgehead atoms. The summed E-state index contributed by atoms with van der Waals surface area (Å²) in [7, 11) is 0. The first-order valence-corrected chi connectivity index (χ1v) is 12.1. The molecule has 0 unspecified atom stereocenters. The number of benzene rings is 3. The van der Waals surface area contributed by atoms with E-state index in [-0.39, 0.29) is 11.7 Å². The molecule has 0 saturated carbocycles. The summed E-state index contributed by atoms with van der Waals surface area (Å²) in [6.45, 7) is 0.677. The maximum absolute atomic E-state index is 12.4. The second kappa shape index (κ2) is 8.91. The van der Waals surface area contributed by atoms with Crippen LogP contribution in [0.2, 0.25) is 0 Å². The Bertz CT molecular complexity index is 1430. The van der Waals surface area contributed by atoms with Gasteiger partial charge in [-0.15, -0.1) is 0 Å². The predicted octanol–water partition coefficient (Wildman–Crippen LogP) is 6.24. The first kappa shape index (κ1) is 21.4. The van der Waals surface area contributed by atoms with Crippen molar-refractivity contribution >= 4 is 28.9 Å². The lowest BCUT2D eigenvalue weighted by atomic mass is 9.94. The average Bonchev–Trinajstić information content (AvgIpc) is 3.42. The van der Waals surface area contributed by atoms with Gasteiger partial charge in [-0.2, -0.15) is 0 Å². The third-order valence-electron chi connectivity index (χ3n) is 7.06. The van der Waals surface area contributed by atoms with E-state index in [1.54, 1.807) is 0 Å². The van der Waals surface area contributed by atoms with Crippen LogP contribution in [0.15, 0.2) is 72.8 Å². The lowest BCUT2D eigenvalue weighted by Crippen LogP contribution is -2.26. The Kier molecular flexibility index (Phi) is 5.45. The topological polar surface area (TPSA) is 71.2 Å². The number of carbonyl (C=O) groups excluding carboxylic acids is 2. The molecule has 4 aromatic rings. The summed E-state index contributed by atoms with van der Waals surface area (Å²) in [4.78, 5) is 27.8. The molecule has 0 fully saturated rings. The first-order valence-electron chi connectivity index (χ1n) is 12.1. The number of aryl methyl sites for hydroxylation is 1. The van der Waals surface area contributed by atoms with Crippen molar-refractivity contribution in [2.45, 2.75) is 25.2 Å². The van der Waals surface area contributed by atoms with E-state index in [0.717, 1.165) is 40.6 Å². The number of ether oxygens (including phenoxy) is 1. The number of aromatic nitrogens is 1. The molecule has 35 heavy (non-hydrogen) atoms. The summed E-state index contributed by atoms with van der Waals surface area (Å²) in [6.07, 6.45) is 5.92. The van der Waals surface area contributed by atoms with Crippen LogP contribution in [-0.2, 0) is 11.2 Å². The number of carbonyl (C=O) groups is 2. The van der Waals surface area contributed by atoms with Gasteiger partial charge in [-0.1, -0.05) is 66.7 Å². The van der Waals surface area contributed by atoms with Crippen LogP contribution in [0.3, 0.4) is 0 Å². The highest BCUT2D eigenvalue weighted by Crippen LogP contribution is 2.44. The normalized spacial score (nSPS) is 14.7. The maximum Gasteiger partial charge on any atom is 0.407 e. The zero-order valence-corrected chi connectivity index (χ0v) is 19.3. The van der Waals surface area contributed by atoms with Gasteiger partial charge >= 0.3 is 6.09 Å². The fraction of sp³-hybridized carbons (Fsp3) is 0.200. The fourth-order valence-electron chi connectivity index (χ4n) is 5.40. The minimum Gasteiger partial charge on any atom is -0.449 e. The molecule has 0 atom stereocenters. The van der Waals surface area contributed by atoms with Gasteiger partial charge in [0.1, 0.15) is 6.61 Å². The van der Waals surface area contributed by atoms with Crippen LogP contribution in [0, 0.1) is 0 Å². The summed E-state index contributed by atoms with van der Waals surface area (Å²) in [6, 6.07) is 22.7. The van der Waals surface area contributed by atoms with Crippen LogP contribution in [0.25, 0.3) is 28.1 Å². The quantitative estimate of drug-likeness (QED) is 0.369. The molecule has 3 aromatic carbocycles. The number of H-pyrrole nitrogens is 1. The Morgan fingerprint density at radius 2 is 1.74 bits per heavy atom. The highest BCUT2D eigenvalue weighted by molar-refractivity contribution is 6.03. The van der Waals surface area contributed by atoms with Gasteiger partial charge in [0.15, 0.2) is 5.78 Å². The summed E-state index contributed by atoms with van der Waals surface area (Å²) >= 11 is 0. The second-order valence-electron chi connectivity index (χ2n) is 9.17. The van der Waals surface area contributed by atoms with E-state index in [9.17, 15) is 9.59 Å². The number of rotatable bonds is 5. The fourth-order valence-corrected chi connectivity index (χ4v) is 5.40. The van der Waals surface area contributed by atoms with E-state index in [0.29, 0.717) is 19.6 Å². The highest BCUT2D eigenvalue weighted by Gasteiger charge is 2.29. The predicted molar refractivity (Wildman–Crippen MR) is 138 cm³/mol. The molecule has 1 heterocycles. The molecule has 2 aliphatic rings. The number of alkyl carbamates (subject to hydrolysis) is 1. The van der Waals surface area contributed by atoms with E-state index in [4.69, 9.17) is 4.74 Å². The molecule has 1 amide bonds. The lowest BCUT2D eigenvalue weighted by molar-refractivity contribution is 0.0968. The molecule has 6 rings (SSSR count). The van der Waals surface area contributed by atoms with E-state index < -0.39 is 6.09 Å². The molecule has 2 N–H and O–H groups in total. The summed E-state index contributed by atoms with van der Waals surface area (Å²) in [5.41, 5.74) is 8.75. The molecule has 0 radical (unpaired) electrons. The molecule has 5 nitrogen and oxygen atoms in total. The number of fused-ring (bicyclic) bond motifs is 6. The summed E-state index contributed by atoms with van der Waals surface area (Å²) in [5.74, 6) is 0.251. The average molecular weight is 463 g/mol. The van der Waals surface area contributed by atoms with Crippen LogP contribution in [0.4, 0.5) is 4.79 Å². The third-order valence-corrected chi connectivity index (χ3v) is 7.06. The van der Waals surface area contributed by atoms with E-state index in [1.165, 1.54) is 22.3 Å². The molecule has 2 aliphatic carbocycles. The monoisotopic (exact) mass is 462 g/mol. The Morgan fingerprint density at radius 3 is 2.51 bits per heavy atom. The molecule has 5 heteroatoms. The number of Topliss-reactive ketones (excluding diaryl/α,β-unsaturated/α-hetero) is 1. The molecule has 174 valence electrons. The van der Waals surface area contributed by atoms with Crippen molar-refractivity contribution < 1.29 is 14.3 Å². The highest BCUT2D eigenvalue weighted by atomic mass is 16.5. The number of hydrogen-bond donors (Lipinski definition) is 2. The molecule has 0 aliphatic heterocycles. The summed E-state index contributed by atoms with van der Waals surface area (Å²) < 4.78 is 5.59. The van der Waals surface area contributed by atoms with Crippen LogP contribution in [-0.4, -0.2) is 30.0 Å². The van der Waals surface area contributed by atoms with Crippen molar-refractivity contribution in [3.63, 3.8) is 0 Å². The van der Waals surface area contributed by atoms with Crippen LogP contribution >= 0.6 is 0 Å². The Hall–Kier alpha value is -4.12. The molecule has 0 saturated heterocycles. The molecule has 1 aromatic heterocycles. The van der Waals surface area contributed by atoms with Crippen LogP contribution in [0.5, 0.6) is 0 Å². The van der Waals surface area contributed by atoms with Crippen molar-refractivity contribution in [2.24, 2.45) is 0 Å². The zero-order valence-electron chi connectivity index (χ0n) is 19.3. The van der Waals surface area contributed by atoms with Crippen LogP contribution in [0.1, 0.15) is 51.5 Å². The van der Waals surface area contributed by atoms with E-state index in [1.807, 2.05) is 48.6 Å². The van der Waals surface area contributed by atoms with Gasteiger partial charge in [0.25, 0.3) is 0 Å². The number of hydrogen-bond acceptors (Lipinski definition) is 3. The van der Waals surface area contributed by atoms with Gasteiger partial charge in [-0.25, -0.2) is 4.79 Å². The second-order valence-corrected chi connectivity index (χ2v) is 9.17. The SMILES string of the molecule is O=C(NCC=Cc1ccc2[nH]c3c(c2c1)CCCC3=O)OCC1c2ccccc2-c2ccccc21. The number of nitrogens with one attached hydrogen (secondary N) is 2. The maximum atomic E-state index is 12.4. The molecule has 0 spiro atoms. The van der Waals surface area contributed by atoms with Gasteiger partial charge in [-0.3, -0.25) is 4.79 Å². The van der Waals surface area contributed by atoms with Gasteiger partial charge in [-0.05, 0) is 58.4 Å². The van der Waals surface area contributed by atoms with Crippen LogP contribution < -0.4 is 5.32 Å². The minimum absolute atomic E-state index is 0.0505. The number of aromatic amines is 1. The van der Waals surface area contributed by atoms with Gasteiger partial charge in [0.2, 0.25) is 0 Å². The smallest absolute Gasteiger partial charge is 0.407 e. The molecular formula is C30H26N2O3. The van der Waals surface area contributed by atoms with Crippen molar-refractivity contribution in [1.82, 2.24) is 10.3 Å². The van der Waals surface area contributed by atoms with Crippen molar-refractivity contribution in [3.05, 3.63) is 101 Å². The standard InChI is InChI=1S/C30H26N2O3/c33-28-13-5-12-24-25-17-19(14-15-27(25)32-29(24)28)7-6-16-31-30(34)35-18-26-22-10-3-1-8-20(22)21-9-2-4-11-23(21)26/h1-4,6-11,14-15,17,26,32H,5,12-13,16,18H2,(H,31,34). The minimum atomic E-state index is -0.426.